The van der Waals surface area contributed by atoms with Gasteiger partial charge < -0.3 is 0 Å². The van der Waals surface area contributed by atoms with Crippen molar-refractivity contribution >= 4 is 17.6 Å². The largest absolute Gasteiger partial charge is 0.295 e. The van der Waals surface area contributed by atoms with Crippen molar-refractivity contribution in [2.75, 3.05) is 0 Å². The smallest absolute Gasteiger partial charge is 0.178 e. The lowest BCUT2D eigenvalue weighted by Gasteiger charge is -2.03. The Kier molecular flexibility index (Phi) is 2.56. The number of benzene rings is 1. The highest BCUT2D eigenvalue weighted by atomic mass is 32.1. The predicted octanol–water partition coefficient (Wildman–Crippen LogP) is 3.42. The zero-order chi connectivity index (χ0) is 11.8. The van der Waals surface area contributed by atoms with E-state index in [1.54, 1.807) is 0 Å². The van der Waals surface area contributed by atoms with E-state index in [1.165, 1.54) is 41.7 Å². The van der Waals surface area contributed by atoms with Crippen LogP contribution in [0, 0.1) is 6.92 Å². The molecule has 0 fully saturated rings. The molecule has 0 atom stereocenters. The standard InChI is InChI=1S/C14H13NOS/c1-9-14(15-13(8-16)17-9)12-6-5-10-3-2-4-11(10)7-12/h5-8H,2-4H2,1H3. The number of carbonyl (C=O) groups is 1. The number of hydrogen-bond donors (Lipinski definition) is 0. The summed E-state index contributed by atoms with van der Waals surface area (Å²) in [6.45, 7) is 2.02. The zero-order valence-electron chi connectivity index (χ0n) is 9.69. The molecule has 0 aliphatic heterocycles. The van der Waals surface area contributed by atoms with Crippen molar-refractivity contribution in [2.24, 2.45) is 0 Å². The summed E-state index contributed by atoms with van der Waals surface area (Å²) in [5, 5.41) is 0.568. The molecule has 1 aliphatic carbocycles. The molecule has 17 heavy (non-hydrogen) atoms. The predicted molar refractivity (Wildman–Crippen MR) is 69.7 cm³/mol. The van der Waals surface area contributed by atoms with Gasteiger partial charge in [0.15, 0.2) is 11.3 Å². The molecule has 0 unspecified atom stereocenters. The third kappa shape index (κ3) is 1.80. The quantitative estimate of drug-likeness (QED) is 0.756. The summed E-state index contributed by atoms with van der Waals surface area (Å²) in [7, 11) is 0. The van der Waals surface area contributed by atoms with Gasteiger partial charge in [-0.3, -0.25) is 4.79 Å². The molecule has 3 heteroatoms. The van der Waals surface area contributed by atoms with E-state index in [2.05, 4.69) is 23.2 Å². The Bertz CT molecular complexity index is 586. The molecule has 0 saturated heterocycles. The Morgan fingerprint density at radius 3 is 2.88 bits per heavy atom. The van der Waals surface area contributed by atoms with Gasteiger partial charge in [0.2, 0.25) is 0 Å². The van der Waals surface area contributed by atoms with Crippen LogP contribution in [-0.2, 0) is 12.8 Å². The van der Waals surface area contributed by atoms with Crippen molar-refractivity contribution in [2.45, 2.75) is 26.2 Å². The third-order valence-corrected chi connectivity index (χ3v) is 4.18. The van der Waals surface area contributed by atoms with Gasteiger partial charge in [0.05, 0.1) is 5.69 Å². The van der Waals surface area contributed by atoms with Crippen molar-refractivity contribution in [1.29, 1.82) is 0 Å². The van der Waals surface area contributed by atoms with Crippen LogP contribution in [0.5, 0.6) is 0 Å². The van der Waals surface area contributed by atoms with E-state index in [9.17, 15) is 4.79 Å². The summed E-state index contributed by atoms with van der Waals surface area (Å²) in [5.74, 6) is 0. The first kappa shape index (κ1) is 10.7. The second kappa shape index (κ2) is 4.08. The van der Waals surface area contributed by atoms with Crippen LogP contribution in [0.4, 0.5) is 0 Å². The van der Waals surface area contributed by atoms with Crippen molar-refractivity contribution in [3.63, 3.8) is 0 Å². The first-order chi connectivity index (χ1) is 8.28. The Hall–Kier alpha value is -1.48. The van der Waals surface area contributed by atoms with Crippen molar-refractivity contribution < 1.29 is 4.79 Å². The minimum Gasteiger partial charge on any atom is -0.295 e. The number of aryl methyl sites for hydroxylation is 3. The summed E-state index contributed by atoms with van der Waals surface area (Å²) in [5.41, 5.74) is 5.03. The SMILES string of the molecule is Cc1sc(C=O)nc1-c1ccc2c(c1)CCC2. The van der Waals surface area contributed by atoms with Crippen molar-refractivity contribution in [3.8, 4) is 11.3 Å². The first-order valence-corrected chi connectivity index (χ1v) is 6.64. The van der Waals surface area contributed by atoms with E-state index < -0.39 is 0 Å². The molecular weight excluding hydrogens is 230 g/mol. The number of aromatic nitrogens is 1. The Morgan fingerprint density at radius 2 is 2.12 bits per heavy atom. The summed E-state index contributed by atoms with van der Waals surface area (Å²) in [4.78, 5) is 16.2. The van der Waals surface area contributed by atoms with Crippen LogP contribution in [0.1, 0.15) is 32.2 Å². The van der Waals surface area contributed by atoms with E-state index in [-0.39, 0.29) is 0 Å². The number of carbonyl (C=O) groups excluding carboxylic acids is 1. The fraction of sp³-hybridized carbons (Fsp3) is 0.286. The molecule has 1 heterocycles. The zero-order valence-corrected chi connectivity index (χ0v) is 10.5. The lowest BCUT2D eigenvalue weighted by molar-refractivity contribution is 0.112. The molecule has 0 radical (unpaired) electrons. The van der Waals surface area contributed by atoms with Gasteiger partial charge in [-0.2, -0.15) is 0 Å². The van der Waals surface area contributed by atoms with E-state index in [1.807, 2.05) is 6.92 Å². The molecule has 0 spiro atoms. The van der Waals surface area contributed by atoms with E-state index in [0.29, 0.717) is 5.01 Å². The molecular formula is C14H13NOS. The van der Waals surface area contributed by atoms with Crippen LogP contribution in [0.2, 0.25) is 0 Å². The monoisotopic (exact) mass is 243 g/mol. The Balaban J connectivity index is 2.08. The van der Waals surface area contributed by atoms with Crippen LogP contribution >= 0.6 is 11.3 Å². The first-order valence-electron chi connectivity index (χ1n) is 5.82. The molecule has 1 aliphatic rings. The molecule has 1 aromatic carbocycles. The van der Waals surface area contributed by atoms with Gasteiger partial charge in [-0.05, 0) is 43.4 Å². The van der Waals surface area contributed by atoms with E-state index in [0.717, 1.165) is 22.4 Å². The molecule has 86 valence electrons. The molecule has 2 aromatic rings. The molecule has 0 saturated carbocycles. The lowest BCUT2D eigenvalue weighted by Crippen LogP contribution is -1.86. The van der Waals surface area contributed by atoms with Gasteiger partial charge in [-0.25, -0.2) is 4.98 Å². The summed E-state index contributed by atoms with van der Waals surface area (Å²) >= 11 is 1.46. The maximum atomic E-state index is 10.7. The highest BCUT2D eigenvalue weighted by Gasteiger charge is 2.14. The highest BCUT2D eigenvalue weighted by molar-refractivity contribution is 7.13. The van der Waals surface area contributed by atoms with Gasteiger partial charge in [-0.1, -0.05) is 12.1 Å². The summed E-state index contributed by atoms with van der Waals surface area (Å²) in [6.07, 6.45) is 4.46. The van der Waals surface area contributed by atoms with E-state index in [4.69, 9.17) is 0 Å². The number of fused-ring (bicyclic) bond motifs is 1. The van der Waals surface area contributed by atoms with Gasteiger partial charge in [0.25, 0.3) is 0 Å². The molecule has 3 rings (SSSR count). The van der Waals surface area contributed by atoms with Gasteiger partial charge in [-0.15, -0.1) is 11.3 Å². The maximum absolute atomic E-state index is 10.7. The van der Waals surface area contributed by atoms with Crippen LogP contribution in [0.3, 0.4) is 0 Å². The highest BCUT2D eigenvalue weighted by Crippen LogP contribution is 2.31. The van der Waals surface area contributed by atoms with Crippen LogP contribution in [0.15, 0.2) is 18.2 Å². The molecule has 0 bridgehead atoms. The van der Waals surface area contributed by atoms with Gasteiger partial charge >= 0.3 is 0 Å². The third-order valence-electron chi connectivity index (χ3n) is 3.29. The fourth-order valence-corrected chi connectivity index (χ4v) is 3.21. The normalized spacial score (nSPS) is 13.7. The fourth-order valence-electron chi connectivity index (χ4n) is 2.45. The molecule has 0 N–H and O–H groups in total. The van der Waals surface area contributed by atoms with Gasteiger partial charge in [0, 0.05) is 10.4 Å². The van der Waals surface area contributed by atoms with Crippen LogP contribution in [0.25, 0.3) is 11.3 Å². The van der Waals surface area contributed by atoms with Crippen molar-refractivity contribution in [3.05, 3.63) is 39.2 Å². The summed E-state index contributed by atoms with van der Waals surface area (Å²) in [6, 6.07) is 6.57. The molecule has 0 amide bonds. The van der Waals surface area contributed by atoms with Crippen LogP contribution in [-0.4, -0.2) is 11.3 Å². The van der Waals surface area contributed by atoms with Crippen molar-refractivity contribution in [1.82, 2.24) is 4.98 Å². The minimum atomic E-state index is 0.568. The average Bonchev–Trinajstić information content (AvgIpc) is 2.93. The molecule has 2 nitrogen and oxygen atoms in total. The number of hydrogen-bond acceptors (Lipinski definition) is 3. The minimum absolute atomic E-state index is 0.568. The number of rotatable bonds is 2. The lowest BCUT2D eigenvalue weighted by atomic mass is 10.0. The Labute approximate surface area is 104 Å². The second-order valence-electron chi connectivity index (χ2n) is 4.41. The number of nitrogens with zero attached hydrogens (tertiary/aromatic N) is 1. The average molecular weight is 243 g/mol. The maximum Gasteiger partial charge on any atom is 0.178 e. The number of thiazole rings is 1. The van der Waals surface area contributed by atoms with E-state index >= 15 is 0 Å². The van der Waals surface area contributed by atoms with Gasteiger partial charge in [0.1, 0.15) is 0 Å². The Morgan fingerprint density at radius 1 is 1.29 bits per heavy atom. The second-order valence-corrected chi connectivity index (χ2v) is 5.65. The summed E-state index contributed by atoms with van der Waals surface area (Å²) < 4.78 is 0. The molecule has 1 aromatic heterocycles. The van der Waals surface area contributed by atoms with Crippen LogP contribution < -0.4 is 0 Å². The number of aldehydes is 1. The topological polar surface area (TPSA) is 30.0 Å².